The summed E-state index contributed by atoms with van der Waals surface area (Å²) in [6.45, 7) is 4.90. The topological polar surface area (TPSA) is 32.3 Å². The number of urea groups is 1. The van der Waals surface area contributed by atoms with Gasteiger partial charge in [0.2, 0.25) is 0 Å². The van der Waals surface area contributed by atoms with E-state index in [1.54, 1.807) is 22.3 Å². The molecular formula is C18H19ClN2OS. The van der Waals surface area contributed by atoms with Crippen molar-refractivity contribution in [3.63, 3.8) is 0 Å². The lowest BCUT2D eigenvalue weighted by molar-refractivity contribution is 0.197. The van der Waals surface area contributed by atoms with Crippen LogP contribution in [0.3, 0.4) is 0 Å². The second kappa shape index (κ2) is 7.20. The molecule has 1 N–H and O–H groups in total. The smallest absolute Gasteiger partial charge is 0.318 e. The zero-order valence-electron chi connectivity index (χ0n) is 12.8. The van der Waals surface area contributed by atoms with Gasteiger partial charge in [-0.2, -0.15) is 0 Å². The van der Waals surface area contributed by atoms with Crippen LogP contribution < -0.4 is 5.32 Å². The fraction of sp³-hybridized carbons (Fsp3) is 0.278. The Bertz CT molecular complexity index is 699. The van der Waals surface area contributed by atoms with Gasteiger partial charge in [0.05, 0.1) is 12.6 Å². The van der Waals surface area contributed by atoms with Gasteiger partial charge in [-0.3, -0.25) is 0 Å². The first-order valence-corrected chi connectivity index (χ1v) is 8.90. The lowest BCUT2D eigenvalue weighted by Gasteiger charge is -2.24. The standard InChI is InChI=1S/C18H19ClN2OS/c1-2-9-21(12-15-4-3-10-23-15)18(22)20-17-8-5-13-11-14(19)6-7-16(13)17/h2-4,6-7,10-11,17H,1,5,8-9,12H2,(H,20,22). The molecule has 0 radical (unpaired) electrons. The Balaban J connectivity index is 1.69. The highest BCUT2D eigenvalue weighted by molar-refractivity contribution is 7.09. The Labute approximate surface area is 145 Å². The second-order valence-electron chi connectivity index (χ2n) is 5.63. The van der Waals surface area contributed by atoms with Crippen LogP contribution in [0.5, 0.6) is 0 Å². The van der Waals surface area contributed by atoms with Crippen molar-refractivity contribution >= 4 is 29.0 Å². The van der Waals surface area contributed by atoms with Gasteiger partial charge in [-0.1, -0.05) is 29.8 Å². The van der Waals surface area contributed by atoms with Gasteiger partial charge >= 0.3 is 6.03 Å². The molecule has 2 aromatic rings. The maximum absolute atomic E-state index is 12.6. The number of hydrogen-bond acceptors (Lipinski definition) is 2. The molecule has 1 heterocycles. The molecule has 1 aromatic carbocycles. The molecule has 0 saturated carbocycles. The van der Waals surface area contributed by atoms with Crippen LogP contribution in [0, 0.1) is 0 Å². The Morgan fingerprint density at radius 2 is 2.35 bits per heavy atom. The van der Waals surface area contributed by atoms with E-state index in [9.17, 15) is 4.79 Å². The summed E-state index contributed by atoms with van der Waals surface area (Å²) in [5.74, 6) is 0. The van der Waals surface area contributed by atoms with E-state index in [1.807, 2.05) is 35.7 Å². The number of amides is 2. The molecule has 0 fully saturated rings. The summed E-state index contributed by atoms with van der Waals surface area (Å²) in [6.07, 6.45) is 3.63. The maximum Gasteiger partial charge on any atom is 0.318 e. The van der Waals surface area contributed by atoms with Crippen LogP contribution in [-0.4, -0.2) is 17.5 Å². The predicted octanol–water partition coefficient (Wildman–Crippen LogP) is 4.79. The highest BCUT2D eigenvalue weighted by Gasteiger charge is 2.25. The van der Waals surface area contributed by atoms with Crippen molar-refractivity contribution in [2.75, 3.05) is 6.54 Å². The van der Waals surface area contributed by atoms with Gasteiger partial charge < -0.3 is 10.2 Å². The minimum absolute atomic E-state index is 0.0499. The fourth-order valence-corrected chi connectivity index (χ4v) is 3.86. The van der Waals surface area contributed by atoms with Crippen molar-refractivity contribution < 1.29 is 4.79 Å². The van der Waals surface area contributed by atoms with Crippen molar-refractivity contribution in [3.8, 4) is 0 Å². The van der Waals surface area contributed by atoms with Gasteiger partial charge in [-0.15, -0.1) is 17.9 Å². The van der Waals surface area contributed by atoms with Gasteiger partial charge in [-0.05, 0) is 47.5 Å². The number of hydrogen-bond donors (Lipinski definition) is 1. The summed E-state index contributed by atoms with van der Waals surface area (Å²) in [5.41, 5.74) is 2.41. The molecule has 120 valence electrons. The first kappa shape index (κ1) is 16.1. The molecular weight excluding hydrogens is 328 g/mol. The van der Waals surface area contributed by atoms with Crippen LogP contribution in [0.1, 0.15) is 28.5 Å². The number of thiophene rings is 1. The maximum atomic E-state index is 12.6. The minimum Gasteiger partial charge on any atom is -0.331 e. The lowest BCUT2D eigenvalue weighted by atomic mass is 10.1. The molecule has 0 aliphatic heterocycles. The summed E-state index contributed by atoms with van der Waals surface area (Å²) in [4.78, 5) is 15.6. The monoisotopic (exact) mass is 346 g/mol. The zero-order valence-corrected chi connectivity index (χ0v) is 14.4. The van der Waals surface area contributed by atoms with Gasteiger partial charge in [-0.25, -0.2) is 4.79 Å². The molecule has 0 bridgehead atoms. The molecule has 1 aliphatic rings. The predicted molar refractivity (Wildman–Crippen MR) is 96.0 cm³/mol. The molecule has 3 nitrogen and oxygen atoms in total. The Kier molecular flexibility index (Phi) is 5.03. The molecule has 1 aromatic heterocycles. The highest BCUT2D eigenvalue weighted by atomic mass is 35.5. The average Bonchev–Trinajstić information content (AvgIpc) is 3.17. The van der Waals surface area contributed by atoms with Crippen molar-refractivity contribution in [1.82, 2.24) is 10.2 Å². The van der Waals surface area contributed by atoms with E-state index < -0.39 is 0 Å². The number of halogens is 1. The van der Waals surface area contributed by atoms with Crippen LogP contribution >= 0.6 is 22.9 Å². The number of nitrogens with zero attached hydrogens (tertiary/aromatic N) is 1. The van der Waals surface area contributed by atoms with E-state index in [0.29, 0.717) is 13.1 Å². The van der Waals surface area contributed by atoms with E-state index >= 15 is 0 Å². The number of carbonyl (C=O) groups excluding carboxylic acids is 1. The average molecular weight is 347 g/mol. The van der Waals surface area contributed by atoms with E-state index in [4.69, 9.17) is 11.6 Å². The van der Waals surface area contributed by atoms with E-state index in [2.05, 4.69) is 11.9 Å². The van der Waals surface area contributed by atoms with E-state index in [0.717, 1.165) is 17.9 Å². The molecule has 1 atom stereocenters. The van der Waals surface area contributed by atoms with Crippen molar-refractivity contribution in [2.45, 2.75) is 25.4 Å². The summed E-state index contributed by atoms with van der Waals surface area (Å²) < 4.78 is 0. The lowest BCUT2D eigenvalue weighted by Crippen LogP contribution is -2.40. The molecule has 1 unspecified atom stereocenters. The number of rotatable bonds is 5. The molecule has 0 saturated heterocycles. The number of benzene rings is 1. The minimum atomic E-state index is -0.0499. The van der Waals surface area contributed by atoms with Crippen LogP contribution in [0.25, 0.3) is 0 Å². The third-order valence-corrected chi connectivity index (χ3v) is 5.14. The van der Waals surface area contributed by atoms with Crippen LogP contribution in [-0.2, 0) is 13.0 Å². The van der Waals surface area contributed by atoms with Gasteiger partial charge in [0.25, 0.3) is 0 Å². The second-order valence-corrected chi connectivity index (χ2v) is 7.10. The Morgan fingerprint density at radius 3 is 3.09 bits per heavy atom. The van der Waals surface area contributed by atoms with Crippen LogP contribution in [0.15, 0.2) is 48.4 Å². The summed E-state index contributed by atoms with van der Waals surface area (Å²) in [5, 5.41) is 5.93. The third-order valence-electron chi connectivity index (χ3n) is 4.04. The molecule has 0 spiro atoms. The number of carbonyl (C=O) groups is 1. The summed E-state index contributed by atoms with van der Waals surface area (Å²) >= 11 is 7.70. The molecule has 23 heavy (non-hydrogen) atoms. The molecule has 1 aliphatic carbocycles. The highest BCUT2D eigenvalue weighted by Crippen LogP contribution is 2.33. The molecule has 3 rings (SSSR count). The van der Waals surface area contributed by atoms with Crippen LogP contribution in [0.4, 0.5) is 4.79 Å². The third kappa shape index (κ3) is 3.77. The van der Waals surface area contributed by atoms with E-state index in [-0.39, 0.29) is 12.1 Å². The van der Waals surface area contributed by atoms with Crippen molar-refractivity contribution in [1.29, 1.82) is 0 Å². The van der Waals surface area contributed by atoms with Gasteiger partial charge in [0.1, 0.15) is 0 Å². The number of aryl methyl sites for hydroxylation is 1. The number of fused-ring (bicyclic) bond motifs is 1. The normalized spacial score (nSPS) is 16.0. The Morgan fingerprint density at radius 1 is 1.48 bits per heavy atom. The Hall–Kier alpha value is -1.78. The quantitative estimate of drug-likeness (QED) is 0.776. The van der Waals surface area contributed by atoms with Gasteiger partial charge in [0, 0.05) is 16.4 Å². The first-order chi connectivity index (χ1) is 11.2. The fourth-order valence-electron chi connectivity index (χ4n) is 2.94. The molecule has 5 heteroatoms. The van der Waals surface area contributed by atoms with Crippen LogP contribution in [0.2, 0.25) is 5.02 Å². The van der Waals surface area contributed by atoms with E-state index in [1.165, 1.54) is 16.0 Å². The number of nitrogens with one attached hydrogen (secondary N) is 1. The SMILES string of the molecule is C=CCN(Cc1cccs1)C(=O)NC1CCc2cc(Cl)ccc21. The van der Waals surface area contributed by atoms with Gasteiger partial charge in [0.15, 0.2) is 0 Å². The van der Waals surface area contributed by atoms with Crippen molar-refractivity contribution in [2.24, 2.45) is 0 Å². The summed E-state index contributed by atoms with van der Waals surface area (Å²) in [6, 6.07) is 9.96. The zero-order chi connectivity index (χ0) is 16.2. The van der Waals surface area contributed by atoms with Crippen molar-refractivity contribution in [3.05, 3.63) is 69.4 Å². The molecule has 2 amide bonds. The summed E-state index contributed by atoms with van der Waals surface area (Å²) in [7, 11) is 0. The largest absolute Gasteiger partial charge is 0.331 e. The first-order valence-electron chi connectivity index (χ1n) is 7.64.